The maximum absolute atomic E-state index is 12.2. The molecule has 0 aromatic heterocycles. The van der Waals surface area contributed by atoms with Crippen molar-refractivity contribution in [3.8, 4) is 0 Å². The average molecular weight is 326 g/mol. The third kappa shape index (κ3) is 3.96. The van der Waals surface area contributed by atoms with Gasteiger partial charge in [-0.25, -0.2) is 0 Å². The minimum atomic E-state index is 0.172. The lowest BCUT2D eigenvalue weighted by molar-refractivity contribution is -0.128. The Morgan fingerprint density at radius 3 is 2.50 bits per heavy atom. The highest BCUT2D eigenvalue weighted by molar-refractivity contribution is 5.87. The Labute approximate surface area is 144 Å². The summed E-state index contributed by atoms with van der Waals surface area (Å²) in [5.74, 6) is 0.983. The van der Waals surface area contributed by atoms with Crippen molar-refractivity contribution in [3.63, 3.8) is 0 Å². The van der Waals surface area contributed by atoms with E-state index in [4.69, 9.17) is 0 Å². The van der Waals surface area contributed by atoms with Crippen LogP contribution in [0.25, 0.3) is 5.57 Å². The highest BCUT2D eigenvalue weighted by Crippen LogP contribution is 2.21. The van der Waals surface area contributed by atoms with Gasteiger partial charge in [0.15, 0.2) is 5.96 Å². The highest BCUT2D eigenvalue weighted by atomic mass is 16.2. The molecule has 0 aliphatic carbocycles. The van der Waals surface area contributed by atoms with Gasteiger partial charge in [-0.15, -0.1) is 0 Å². The first-order valence-electron chi connectivity index (χ1n) is 8.76. The van der Waals surface area contributed by atoms with Crippen molar-refractivity contribution in [3.05, 3.63) is 42.0 Å². The van der Waals surface area contributed by atoms with Crippen molar-refractivity contribution in [1.29, 1.82) is 0 Å². The van der Waals surface area contributed by atoms with E-state index in [2.05, 4.69) is 45.6 Å². The number of rotatable bonds is 3. The Hall–Kier alpha value is -2.30. The summed E-state index contributed by atoms with van der Waals surface area (Å²) in [6, 6.07) is 10.5. The van der Waals surface area contributed by atoms with E-state index in [0.29, 0.717) is 6.54 Å². The van der Waals surface area contributed by atoms with Crippen molar-refractivity contribution >= 4 is 17.4 Å². The molecule has 1 saturated heterocycles. The maximum atomic E-state index is 12.2. The smallest absolute Gasteiger partial charge is 0.241 e. The summed E-state index contributed by atoms with van der Waals surface area (Å²) >= 11 is 0. The van der Waals surface area contributed by atoms with Crippen LogP contribution in [0.3, 0.4) is 0 Å². The molecule has 1 N–H and O–H groups in total. The van der Waals surface area contributed by atoms with Crippen LogP contribution < -0.4 is 5.32 Å². The Morgan fingerprint density at radius 1 is 1.12 bits per heavy atom. The topological polar surface area (TPSA) is 47.9 Å². The van der Waals surface area contributed by atoms with Crippen LogP contribution in [0.15, 0.2) is 41.4 Å². The summed E-state index contributed by atoms with van der Waals surface area (Å²) in [7, 11) is 1.78. The molecule has 0 radical (unpaired) electrons. The molecule has 2 aliphatic heterocycles. The Kier molecular flexibility index (Phi) is 5.51. The van der Waals surface area contributed by atoms with Crippen LogP contribution in [0.1, 0.15) is 24.8 Å². The number of guanidine groups is 1. The molecule has 0 unspecified atom stereocenters. The number of carbonyl (C=O) groups excluding carboxylic acids is 1. The molecule has 128 valence electrons. The predicted molar refractivity (Wildman–Crippen MR) is 97.8 cm³/mol. The van der Waals surface area contributed by atoms with E-state index in [1.54, 1.807) is 7.05 Å². The molecule has 1 fully saturated rings. The number of hydrogen-bond donors (Lipinski definition) is 1. The largest absolute Gasteiger partial charge is 0.347 e. The quantitative estimate of drug-likeness (QED) is 0.682. The number of nitrogens with zero attached hydrogens (tertiary/aromatic N) is 3. The second kappa shape index (κ2) is 7.99. The molecule has 3 rings (SSSR count). The van der Waals surface area contributed by atoms with Gasteiger partial charge in [-0.1, -0.05) is 36.4 Å². The fraction of sp³-hybridized carbons (Fsp3) is 0.474. The van der Waals surface area contributed by atoms with Gasteiger partial charge in [0.1, 0.15) is 0 Å². The molecule has 0 saturated carbocycles. The van der Waals surface area contributed by atoms with Crippen LogP contribution in [-0.2, 0) is 4.79 Å². The van der Waals surface area contributed by atoms with Gasteiger partial charge in [-0.2, -0.15) is 0 Å². The highest BCUT2D eigenvalue weighted by Gasteiger charge is 2.20. The zero-order valence-corrected chi connectivity index (χ0v) is 14.4. The molecular formula is C19H26N4O. The van der Waals surface area contributed by atoms with Crippen molar-refractivity contribution in [2.45, 2.75) is 19.3 Å². The Balaban J connectivity index is 1.54. The number of benzene rings is 1. The number of nitrogens with one attached hydrogen (secondary N) is 1. The van der Waals surface area contributed by atoms with Gasteiger partial charge in [0.25, 0.3) is 0 Å². The lowest BCUT2D eigenvalue weighted by Crippen LogP contribution is -2.47. The Morgan fingerprint density at radius 2 is 1.88 bits per heavy atom. The van der Waals surface area contributed by atoms with E-state index >= 15 is 0 Å². The van der Waals surface area contributed by atoms with E-state index in [0.717, 1.165) is 51.4 Å². The molecule has 24 heavy (non-hydrogen) atoms. The summed E-state index contributed by atoms with van der Waals surface area (Å²) in [4.78, 5) is 20.6. The molecule has 5 heteroatoms. The van der Waals surface area contributed by atoms with Gasteiger partial charge < -0.3 is 15.1 Å². The minimum absolute atomic E-state index is 0.172. The standard InChI is InChI=1S/C19H26N4O/c1-20-19(21-15-18(24)22-11-5-6-12-22)23-13-9-17(10-14-23)16-7-3-2-4-8-16/h2-4,7-9H,5-6,10-15H2,1H3,(H,20,21). The summed E-state index contributed by atoms with van der Waals surface area (Å²) in [5.41, 5.74) is 2.68. The van der Waals surface area contributed by atoms with Crippen LogP contribution in [0.5, 0.6) is 0 Å². The van der Waals surface area contributed by atoms with Gasteiger partial charge in [-0.05, 0) is 30.4 Å². The molecule has 0 atom stereocenters. The summed E-state index contributed by atoms with van der Waals surface area (Å²) < 4.78 is 0. The fourth-order valence-corrected chi connectivity index (χ4v) is 3.34. The first-order chi connectivity index (χ1) is 11.8. The van der Waals surface area contributed by atoms with Crippen molar-refractivity contribution in [2.24, 2.45) is 4.99 Å². The van der Waals surface area contributed by atoms with E-state index in [9.17, 15) is 4.79 Å². The number of amides is 1. The van der Waals surface area contributed by atoms with E-state index in [-0.39, 0.29) is 5.91 Å². The first kappa shape index (κ1) is 16.6. The Bertz CT molecular complexity index is 618. The van der Waals surface area contributed by atoms with Gasteiger partial charge in [0.2, 0.25) is 5.91 Å². The second-order valence-electron chi connectivity index (χ2n) is 6.28. The zero-order chi connectivity index (χ0) is 16.8. The van der Waals surface area contributed by atoms with E-state index < -0.39 is 0 Å². The molecule has 1 aromatic carbocycles. The predicted octanol–water partition coefficient (Wildman–Crippen LogP) is 1.97. The van der Waals surface area contributed by atoms with E-state index in [1.807, 2.05) is 11.0 Å². The second-order valence-corrected chi connectivity index (χ2v) is 6.28. The lowest BCUT2D eigenvalue weighted by Gasteiger charge is -2.30. The number of carbonyl (C=O) groups is 1. The van der Waals surface area contributed by atoms with Gasteiger partial charge in [0.05, 0.1) is 6.54 Å². The van der Waals surface area contributed by atoms with Gasteiger partial charge >= 0.3 is 0 Å². The number of hydrogen-bond acceptors (Lipinski definition) is 2. The van der Waals surface area contributed by atoms with Crippen LogP contribution in [-0.4, -0.2) is 61.4 Å². The fourth-order valence-electron chi connectivity index (χ4n) is 3.34. The summed E-state index contributed by atoms with van der Waals surface area (Å²) in [6.07, 6.45) is 5.50. The molecule has 2 aliphatic rings. The first-order valence-corrected chi connectivity index (χ1v) is 8.76. The van der Waals surface area contributed by atoms with Crippen molar-refractivity contribution < 1.29 is 4.79 Å². The van der Waals surface area contributed by atoms with E-state index in [1.165, 1.54) is 11.1 Å². The minimum Gasteiger partial charge on any atom is -0.347 e. The molecule has 0 spiro atoms. The van der Waals surface area contributed by atoms with Crippen molar-refractivity contribution in [1.82, 2.24) is 15.1 Å². The van der Waals surface area contributed by atoms with Crippen LogP contribution in [0.2, 0.25) is 0 Å². The zero-order valence-electron chi connectivity index (χ0n) is 14.4. The molecule has 0 bridgehead atoms. The summed E-state index contributed by atoms with van der Waals surface area (Å²) in [6.45, 7) is 3.86. The molecular weight excluding hydrogens is 300 g/mol. The van der Waals surface area contributed by atoms with Gasteiger partial charge in [-0.3, -0.25) is 9.79 Å². The monoisotopic (exact) mass is 326 g/mol. The molecule has 1 aromatic rings. The number of aliphatic imine (C=N–C) groups is 1. The maximum Gasteiger partial charge on any atom is 0.241 e. The molecule has 2 heterocycles. The van der Waals surface area contributed by atoms with Crippen LogP contribution >= 0.6 is 0 Å². The lowest BCUT2D eigenvalue weighted by atomic mass is 10.00. The normalized spacial score (nSPS) is 18.5. The molecule has 1 amide bonds. The van der Waals surface area contributed by atoms with Crippen molar-refractivity contribution in [2.75, 3.05) is 39.8 Å². The molecule has 5 nitrogen and oxygen atoms in total. The third-order valence-electron chi connectivity index (χ3n) is 4.72. The third-order valence-corrected chi connectivity index (χ3v) is 4.72. The van der Waals surface area contributed by atoms with Crippen LogP contribution in [0.4, 0.5) is 0 Å². The number of likely N-dealkylation sites (tertiary alicyclic amines) is 1. The van der Waals surface area contributed by atoms with Gasteiger partial charge in [0, 0.05) is 33.2 Å². The summed E-state index contributed by atoms with van der Waals surface area (Å²) in [5, 5.41) is 3.23. The van der Waals surface area contributed by atoms with Crippen LogP contribution in [0, 0.1) is 0 Å². The average Bonchev–Trinajstić information content (AvgIpc) is 3.18. The SMILES string of the molecule is CN=C(NCC(=O)N1CCCC1)N1CC=C(c2ccccc2)CC1.